The van der Waals surface area contributed by atoms with E-state index >= 15 is 0 Å². The van der Waals surface area contributed by atoms with E-state index in [2.05, 4.69) is 16.5 Å². The first-order valence-corrected chi connectivity index (χ1v) is 9.39. The second kappa shape index (κ2) is 8.57. The SMILES string of the molecule is CCCc1c(NC(=O)N2CCC(C(=O)O)CC2)cnn1-c1cccc(C#N)c1. The Morgan fingerprint density at radius 3 is 2.75 bits per heavy atom. The van der Waals surface area contributed by atoms with Gasteiger partial charge in [0, 0.05) is 13.1 Å². The van der Waals surface area contributed by atoms with Crippen LogP contribution in [0.1, 0.15) is 37.4 Å². The Morgan fingerprint density at radius 1 is 1.36 bits per heavy atom. The predicted molar refractivity (Wildman–Crippen MR) is 103 cm³/mol. The van der Waals surface area contributed by atoms with Crippen molar-refractivity contribution >= 4 is 17.7 Å². The molecule has 1 aliphatic rings. The van der Waals surface area contributed by atoms with Crippen LogP contribution < -0.4 is 5.32 Å². The fourth-order valence-corrected chi connectivity index (χ4v) is 3.41. The van der Waals surface area contributed by atoms with E-state index in [0.717, 1.165) is 17.8 Å². The van der Waals surface area contributed by atoms with E-state index in [9.17, 15) is 9.59 Å². The molecule has 0 atom stereocenters. The summed E-state index contributed by atoms with van der Waals surface area (Å²) in [7, 11) is 0. The van der Waals surface area contributed by atoms with Crippen molar-refractivity contribution in [2.45, 2.75) is 32.6 Å². The number of piperidine rings is 1. The molecule has 1 aromatic heterocycles. The zero-order valence-electron chi connectivity index (χ0n) is 15.8. The van der Waals surface area contributed by atoms with Crippen LogP contribution in [0.4, 0.5) is 10.5 Å². The number of nitrogens with zero attached hydrogens (tertiary/aromatic N) is 4. The topological polar surface area (TPSA) is 111 Å². The maximum absolute atomic E-state index is 12.6. The number of carbonyl (C=O) groups is 2. The van der Waals surface area contributed by atoms with Gasteiger partial charge in [-0.05, 0) is 37.5 Å². The molecule has 0 aliphatic carbocycles. The Hall–Kier alpha value is -3.34. The number of carboxylic acid groups (broad SMARTS) is 1. The Balaban J connectivity index is 1.77. The lowest BCUT2D eigenvalue weighted by Crippen LogP contribution is -2.42. The maximum Gasteiger partial charge on any atom is 0.321 e. The number of hydrogen-bond acceptors (Lipinski definition) is 4. The van der Waals surface area contributed by atoms with E-state index in [0.29, 0.717) is 43.6 Å². The average Bonchev–Trinajstić information content (AvgIpc) is 3.10. The molecule has 0 saturated carbocycles. The quantitative estimate of drug-likeness (QED) is 0.827. The van der Waals surface area contributed by atoms with E-state index < -0.39 is 5.97 Å². The van der Waals surface area contributed by atoms with E-state index in [4.69, 9.17) is 10.4 Å². The molecule has 2 amide bonds. The molecule has 0 bridgehead atoms. The van der Waals surface area contributed by atoms with Crippen LogP contribution in [0.3, 0.4) is 0 Å². The van der Waals surface area contributed by atoms with Crippen molar-refractivity contribution < 1.29 is 14.7 Å². The zero-order chi connectivity index (χ0) is 20.1. The summed E-state index contributed by atoms with van der Waals surface area (Å²) in [4.78, 5) is 25.3. The molecule has 28 heavy (non-hydrogen) atoms. The van der Waals surface area contributed by atoms with Crippen LogP contribution in [0, 0.1) is 17.2 Å². The summed E-state index contributed by atoms with van der Waals surface area (Å²) in [6, 6.07) is 9.04. The molecule has 1 saturated heterocycles. The Bertz CT molecular complexity index is 907. The summed E-state index contributed by atoms with van der Waals surface area (Å²) in [5, 5.41) is 25.5. The summed E-state index contributed by atoms with van der Waals surface area (Å²) in [5.74, 6) is -1.18. The number of nitrogens with one attached hydrogen (secondary N) is 1. The predicted octanol–water partition coefficient (Wildman–Crippen LogP) is 3.02. The van der Waals surface area contributed by atoms with Crippen molar-refractivity contribution in [1.82, 2.24) is 14.7 Å². The molecule has 1 aliphatic heterocycles. The molecule has 2 aromatic rings. The number of aromatic nitrogens is 2. The van der Waals surface area contributed by atoms with Gasteiger partial charge in [0.2, 0.25) is 0 Å². The van der Waals surface area contributed by atoms with Crippen molar-refractivity contribution in [2.75, 3.05) is 18.4 Å². The molecule has 2 heterocycles. The van der Waals surface area contributed by atoms with Gasteiger partial charge in [-0.1, -0.05) is 19.4 Å². The number of aliphatic carboxylic acids is 1. The number of rotatable bonds is 5. The lowest BCUT2D eigenvalue weighted by atomic mass is 9.97. The molecule has 0 radical (unpaired) electrons. The summed E-state index contributed by atoms with van der Waals surface area (Å²) < 4.78 is 1.75. The summed E-state index contributed by atoms with van der Waals surface area (Å²) in [6.07, 6.45) is 4.13. The number of nitriles is 1. The second-order valence-corrected chi connectivity index (χ2v) is 6.86. The van der Waals surface area contributed by atoms with Crippen molar-refractivity contribution in [2.24, 2.45) is 5.92 Å². The number of likely N-dealkylation sites (tertiary alicyclic amines) is 1. The standard InChI is InChI=1S/C20H23N5O3/c1-2-4-18-17(13-22-25(18)16-6-3-5-14(11-16)12-21)23-20(28)24-9-7-15(8-10-24)19(26)27/h3,5-6,11,13,15H,2,4,7-10H2,1H3,(H,23,28)(H,26,27). The van der Waals surface area contributed by atoms with Crippen LogP contribution in [0.5, 0.6) is 0 Å². The third kappa shape index (κ3) is 4.14. The van der Waals surface area contributed by atoms with Gasteiger partial charge in [-0.3, -0.25) is 4.79 Å². The smallest absolute Gasteiger partial charge is 0.321 e. The summed E-state index contributed by atoms with van der Waals surface area (Å²) >= 11 is 0. The van der Waals surface area contributed by atoms with Crippen LogP contribution in [-0.4, -0.2) is 44.9 Å². The minimum Gasteiger partial charge on any atom is -0.481 e. The highest BCUT2D eigenvalue weighted by atomic mass is 16.4. The fourth-order valence-electron chi connectivity index (χ4n) is 3.41. The number of hydrogen-bond donors (Lipinski definition) is 2. The first-order valence-electron chi connectivity index (χ1n) is 9.39. The zero-order valence-corrected chi connectivity index (χ0v) is 15.8. The van der Waals surface area contributed by atoms with Crippen molar-refractivity contribution in [1.29, 1.82) is 5.26 Å². The molecule has 0 unspecified atom stereocenters. The first kappa shape index (κ1) is 19.4. The van der Waals surface area contributed by atoms with Gasteiger partial charge in [-0.2, -0.15) is 10.4 Å². The van der Waals surface area contributed by atoms with Crippen LogP contribution in [0.25, 0.3) is 5.69 Å². The van der Waals surface area contributed by atoms with Gasteiger partial charge in [-0.25, -0.2) is 9.48 Å². The van der Waals surface area contributed by atoms with Gasteiger partial charge >= 0.3 is 12.0 Å². The largest absolute Gasteiger partial charge is 0.481 e. The highest BCUT2D eigenvalue weighted by Gasteiger charge is 2.27. The summed E-state index contributed by atoms with van der Waals surface area (Å²) in [5.41, 5.74) is 2.81. The van der Waals surface area contributed by atoms with Crippen LogP contribution in [0.15, 0.2) is 30.5 Å². The van der Waals surface area contributed by atoms with Gasteiger partial charge < -0.3 is 15.3 Å². The van der Waals surface area contributed by atoms with E-state index in [-0.39, 0.29) is 11.9 Å². The number of carboxylic acids is 1. The molecule has 1 fully saturated rings. The van der Waals surface area contributed by atoms with Crippen LogP contribution in [-0.2, 0) is 11.2 Å². The van der Waals surface area contributed by atoms with Crippen molar-refractivity contribution in [3.8, 4) is 11.8 Å². The first-order chi connectivity index (χ1) is 13.5. The highest BCUT2D eigenvalue weighted by Crippen LogP contribution is 2.23. The molecular weight excluding hydrogens is 358 g/mol. The van der Waals surface area contributed by atoms with Crippen molar-refractivity contribution in [3.63, 3.8) is 0 Å². The number of carbonyl (C=O) groups excluding carboxylic acids is 1. The second-order valence-electron chi connectivity index (χ2n) is 6.86. The number of benzene rings is 1. The van der Waals surface area contributed by atoms with Crippen LogP contribution in [0.2, 0.25) is 0 Å². The number of urea groups is 1. The maximum atomic E-state index is 12.6. The summed E-state index contributed by atoms with van der Waals surface area (Å²) in [6.45, 7) is 2.89. The number of amides is 2. The van der Waals surface area contributed by atoms with Crippen LogP contribution >= 0.6 is 0 Å². The average molecular weight is 381 g/mol. The minimum absolute atomic E-state index is 0.244. The van der Waals surface area contributed by atoms with Gasteiger partial charge in [0.05, 0.1) is 40.8 Å². The Kier molecular flexibility index (Phi) is 5.94. The molecule has 8 nitrogen and oxygen atoms in total. The van der Waals surface area contributed by atoms with E-state index in [1.165, 1.54) is 0 Å². The Morgan fingerprint density at radius 2 is 2.11 bits per heavy atom. The lowest BCUT2D eigenvalue weighted by Gasteiger charge is -2.30. The van der Waals surface area contributed by atoms with Gasteiger partial charge in [0.15, 0.2) is 0 Å². The lowest BCUT2D eigenvalue weighted by molar-refractivity contribution is -0.143. The van der Waals surface area contributed by atoms with E-state index in [1.54, 1.807) is 34.0 Å². The third-order valence-electron chi connectivity index (χ3n) is 4.95. The number of anilines is 1. The molecule has 2 N–H and O–H groups in total. The fraction of sp³-hybridized carbons (Fsp3) is 0.400. The molecule has 1 aromatic carbocycles. The molecule has 146 valence electrons. The normalized spacial score (nSPS) is 14.5. The molecule has 3 rings (SSSR count). The monoisotopic (exact) mass is 381 g/mol. The molecule has 0 spiro atoms. The Labute approximate surface area is 163 Å². The highest BCUT2D eigenvalue weighted by molar-refractivity contribution is 5.90. The van der Waals surface area contributed by atoms with Crippen molar-refractivity contribution in [3.05, 3.63) is 41.7 Å². The molecule has 8 heteroatoms. The van der Waals surface area contributed by atoms with Gasteiger partial charge in [0.25, 0.3) is 0 Å². The minimum atomic E-state index is -0.800. The third-order valence-corrected chi connectivity index (χ3v) is 4.95. The molecular formula is C20H23N5O3. The van der Waals surface area contributed by atoms with E-state index in [1.807, 2.05) is 13.0 Å². The van der Waals surface area contributed by atoms with Gasteiger partial charge in [-0.15, -0.1) is 0 Å². The van der Waals surface area contributed by atoms with Gasteiger partial charge in [0.1, 0.15) is 0 Å².